The highest BCUT2D eigenvalue weighted by molar-refractivity contribution is 5.52. The van der Waals surface area contributed by atoms with Gasteiger partial charge in [-0.3, -0.25) is 0 Å². The molecule has 0 atom stereocenters. The van der Waals surface area contributed by atoms with Crippen molar-refractivity contribution in [1.29, 1.82) is 0 Å². The number of aldehydes is 1. The van der Waals surface area contributed by atoms with Crippen molar-refractivity contribution in [1.82, 2.24) is 9.55 Å². The number of aromatic nitrogens is 2. The van der Waals surface area contributed by atoms with E-state index in [1.807, 2.05) is 30.6 Å². The number of carbonyl (C=O) groups is 1. The van der Waals surface area contributed by atoms with Gasteiger partial charge >= 0.3 is 0 Å². The van der Waals surface area contributed by atoms with Crippen LogP contribution in [0.15, 0.2) is 103 Å². The van der Waals surface area contributed by atoms with Gasteiger partial charge in [-0.05, 0) is 16.7 Å². The summed E-state index contributed by atoms with van der Waals surface area (Å²) < 4.78 is 2.22. The maximum Gasteiger partial charge on any atom is 0.121 e. The molecule has 0 aliphatic carbocycles. The van der Waals surface area contributed by atoms with E-state index in [1.165, 1.54) is 0 Å². The van der Waals surface area contributed by atoms with Crippen LogP contribution in [0.3, 0.4) is 0 Å². The zero-order chi connectivity index (χ0) is 19.2. The smallest absolute Gasteiger partial charge is 0.121 e. The first-order valence-corrected chi connectivity index (χ1v) is 9.50. The van der Waals surface area contributed by atoms with Crippen LogP contribution in [0.2, 0.25) is 0 Å². The van der Waals surface area contributed by atoms with Crippen LogP contribution in [0.5, 0.6) is 0 Å². The molecule has 1 aromatic heterocycles. The Kier molecular flexibility index (Phi) is 5.16. The Bertz CT molecular complexity index is 927. The molecule has 0 spiro atoms. The molecule has 0 radical (unpaired) electrons. The topological polar surface area (TPSA) is 34.9 Å². The fraction of sp³-hybridized carbons (Fsp3) is 0.120. The minimum Gasteiger partial charge on any atom is -0.316 e. The number of benzene rings is 3. The van der Waals surface area contributed by atoms with Crippen molar-refractivity contribution in [2.75, 3.05) is 0 Å². The highest BCUT2D eigenvalue weighted by atomic mass is 16.1. The lowest BCUT2D eigenvalue weighted by Gasteiger charge is -2.38. The Balaban J connectivity index is 2.08. The Hall–Kier alpha value is -3.46. The number of hydrogen-bond acceptors (Lipinski definition) is 2. The highest BCUT2D eigenvalue weighted by Crippen LogP contribution is 2.41. The molecule has 0 saturated carbocycles. The molecule has 3 heteroatoms. The van der Waals surface area contributed by atoms with Crippen LogP contribution in [0.4, 0.5) is 0 Å². The summed E-state index contributed by atoms with van der Waals surface area (Å²) in [6.07, 6.45) is 5.85. The van der Waals surface area contributed by atoms with Crippen molar-refractivity contribution in [3.05, 3.63) is 126 Å². The van der Waals surface area contributed by atoms with E-state index in [0.29, 0.717) is 12.8 Å². The predicted molar refractivity (Wildman–Crippen MR) is 111 cm³/mol. The Morgan fingerprint density at radius 2 is 1.21 bits per heavy atom. The largest absolute Gasteiger partial charge is 0.316 e. The molecule has 28 heavy (non-hydrogen) atoms. The summed E-state index contributed by atoms with van der Waals surface area (Å²) in [7, 11) is 0. The van der Waals surface area contributed by atoms with Crippen molar-refractivity contribution >= 4 is 6.29 Å². The summed E-state index contributed by atoms with van der Waals surface area (Å²) in [4.78, 5) is 15.6. The van der Waals surface area contributed by atoms with Crippen LogP contribution in [-0.2, 0) is 16.8 Å². The molecular formula is C25H22N2O. The van der Waals surface area contributed by atoms with E-state index in [-0.39, 0.29) is 0 Å². The zero-order valence-corrected chi connectivity index (χ0v) is 15.6. The van der Waals surface area contributed by atoms with Gasteiger partial charge in [-0.25, -0.2) is 4.98 Å². The summed E-state index contributed by atoms with van der Waals surface area (Å²) in [5.74, 6) is 0.892. The molecule has 4 rings (SSSR count). The number of rotatable bonds is 7. The molecule has 0 amide bonds. The number of nitrogens with zero attached hydrogens (tertiary/aromatic N) is 2. The minimum absolute atomic E-state index is 0.450. The van der Waals surface area contributed by atoms with Crippen LogP contribution >= 0.6 is 0 Å². The molecule has 1 heterocycles. The van der Waals surface area contributed by atoms with Gasteiger partial charge in [-0.15, -0.1) is 0 Å². The van der Waals surface area contributed by atoms with Crippen molar-refractivity contribution in [2.24, 2.45) is 0 Å². The number of aryl methyl sites for hydroxylation is 1. The van der Waals surface area contributed by atoms with Gasteiger partial charge in [0.2, 0.25) is 0 Å². The minimum atomic E-state index is -0.571. The molecule has 0 saturated heterocycles. The lowest BCUT2D eigenvalue weighted by atomic mass is 9.76. The van der Waals surface area contributed by atoms with E-state index in [9.17, 15) is 4.79 Å². The standard InChI is InChI=1S/C25H22N2O/c28-20-10-17-24-26-18-19-27(24)25(21-11-4-1-5-12-21,22-13-6-2-7-14-22)23-15-8-3-9-16-23/h1-9,11-16,18-20H,10,17H2. The number of imidazole rings is 1. The van der Waals surface area contributed by atoms with E-state index in [0.717, 1.165) is 28.8 Å². The maximum absolute atomic E-state index is 11.0. The number of carbonyl (C=O) groups excluding carboxylic acids is 1. The van der Waals surface area contributed by atoms with E-state index >= 15 is 0 Å². The lowest BCUT2D eigenvalue weighted by Crippen LogP contribution is -2.38. The van der Waals surface area contributed by atoms with Crippen LogP contribution in [0, 0.1) is 0 Å². The molecule has 3 nitrogen and oxygen atoms in total. The molecule has 0 bridgehead atoms. The van der Waals surface area contributed by atoms with Crippen LogP contribution in [-0.4, -0.2) is 15.8 Å². The van der Waals surface area contributed by atoms with E-state index in [1.54, 1.807) is 0 Å². The maximum atomic E-state index is 11.0. The highest BCUT2D eigenvalue weighted by Gasteiger charge is 2.39. The van der Waals surface area contributed by atoms with Crippen molar-refractivity contribution in [2.45, 2.75) is 18.4 Å². The fourth-order valence-electron chi connectivity index (χ4n) is 3.97. The Morgan fingerprint density at radius 1 is 0.750 bits per heavy atom. The molecule has 0 aliphatic rings. The fourth-order valence-corrected chi connectivity index (χ4v) is 3.97. The molecule has 0 N–H and O–H groups in total. The first kappa shape index (κ1) is 17.9. The zero-order valence-electron chi connectivity index (χ0n) is 15.6. The average Bonchev–Trinajstić information content (AvgIpc) is 3.24. The lowest BCUT2D eigenvalue weighted by molar-refractivity contribution is -0.107. The van der Waals surface area contributed by atoms with Crippen LogP contribution < -0.4 is 0 Å². The van der Waals surface area contributed by atoms with Gasteiger partial charge in [0.15, 0.2) is 0 Å². The monoisotopic (exact) mass is 366 g/mol. The Morgan fingerprint density at radius 3 is 1.64 bits per heavy atom. The van der Waals surface area contributed by atoms with Gasteiger partial charge in [0.05, 0.1) is 0 Å². The molecule has 0 aliphatic heterocycles. The van der Waals surface area contributed by atoms with E-state index in [4.69, 9.17) is 0 Å². The third-order valence-electron chi connectivity index (χ3n) is 5.14. The summed E-state index contributed by atoms with van der Waals surface area (Å²) >= 11 is 0. The van der Waals surface area contributed by atoms with Crippen molar-refractivity contribution in [3.63, 3.8) is 0 Å². The van der Waals surface area contributed by atoms with Crippen molar-refractivity contribution < 1.29 is 4.79 Å². The first-order valence-electron chi connectivity index (χ1n) is 9.50. The van der Waals surface area contributed by atoms with Gasteiger partial charge < -0.3 is 9.36 Å². The quantitative estimate of drug-likeness (QED) is 0.346. The van der Waals surface area contributed by atoms with Gasteiger partial charge in [0.25, 0.3) is 0 Å². The van der Waals surface area contributed by atoms with Gasteiger partial charge in [0.1, 0.15) is 17.6 Å². The Labute approximate surface area is 165 Å². The second kappa shape index (κ2) is 8.05. The third-order valence-corrected chi connectivity index (χ3v) is 5.14. The third kappa shape index (κ3) is 3.05. The summed E-state index contributed by atoms with van der Waals surface area (Å²) in [5, 5.41) is 0. The van der Waals surface area contributed by atoms with E-state index in [2.05, 4.69) is 82.3 Å². The summed E-state index contributed by atoms with van der Waals surface area (Å²) in [5.41, 5.74) is 2.88. The molecular weight excluding hydrogens is 344 g/mol. The summed E-state index contributed by atoms with van der Waals surface area (Å²) in [6.45, 7) is 0. The number of hydrogen-bond donors (Lipinski definition) is 0. The van der Waals surface area contributed by atoms with E-state index < -0.39 is 5.54 Å². The van der Waals surface area contributed by atoms with Gasteiger partial charge in [0, 0.05) is 25.2 Å². The second-order valence-electron chi connectivity index (χ2n) is 6.73. The predicted octanol–water partition coefficient (Wildman–Crippen LogP) is 4.85. The normalized spacial score (nSPS) is 11.3. The van der Waals surface area contributed by atoms with Gasteiger partial charge in [-0.1, -0.05) is 91.0 Å². The molecule has 0 fully saturated rings. The summed E-state index contributed by atoms with van der Waals surface area (Å²) in [6, 6.07) is 31.4. The molecule has 4 aromatic rings. The first-order chi connectivity index (χ1) is 13.9. The van der Waals surface area contributed by atoms with Crippen molar-refractivity contribution in [3.8, 4) is 0 Å². The van der Waals surface area contributed by atoms with Crippen LogP contribution in [0.1, 0.15) is 28.9 Å². The van der Waals surface area contributed by atoms with Gasteiger partial charge in [-0.2, -0.15) is 0 Å². The molecule has 3 aromatic carbocycles. The average molecular weight is 366 g/mol. The SMILES string of the molecule is O=CCCc1nccn1C(c1ccccc1)(c1ccccc1)c1ccccc1. The second-order valence-corrected chi connectivity index (χ2v) is 6.73. The molecule has 0 unspecified atom stereocenters. The molecule has 138 valence electrons. The van der Waals surface area contributed by atoms with Crippen LogP contribution in [0.25, 0.3) is 0 Å².